The molecule has 21 heavy (non-hydrogen) atoms. The maximum absolute atomic E-state index is 13.1. The van der Waals surface area contributed by atoms with Crippen molar-refractivity contribution in [2.45, 2.75) is 17.4 Å². The van der Waals surface area contributed by atoms with Gasteiger partial charge in [0.25, 0.3) is 0 Å². The number of hydrogen-bond donors (Lipinski definition) is 1. The largest absolute Gasteiger partial charge is 0.377 e. The van der Waals surface area contributed by atoms with Gasteiger partial charge in [0.05, 0.1) is 16.7 Å². The molecule has 0 aromatic heterocycles. The Labute approximate surface area is 131 Å². The molecule has 0 fully saturated rings. The van der Waals surface area contributed by atoms with E-state index in [1.54, 1.807) is 18.2 Å². The fraction of sp³-hybridized carbons (Fsp3) is 0.200. The standard InChI is InChI=1S/C15H13BrFNO2S/c16-12-9-10(17)5-6-14(12)18-13-7-8-21(19,20)15-4-2-1-3-11(13)15/h1-6,9,13,18H,7-8H2. The van der Waals surface area contributed by atoms with Gasteiger partial charge in [0, 0.05) is 10.2 Å². The minimum Gasteiger partial charge on any atom is -0.377 e. The van der Waals surface area contributed by atoms with Crippen LogP contribution in [0.25, 0.3) is 0 Å². The highest BCUT2D eigenvalue weighted by atomic mass is 79.9. The summed E-state index contributed by atoms with van der Waals surface area (Å²) in [7, 11) is -3.20. The first-order chi connectivity index (χ1) is 9.97. The van der Waals surface area contributed by atoms with Crippen LogP contribution in [0.1, 0.15) is 18.0 Å². The number of nitrogens with one attached hydrogen (secondary N) is 1. The van der Waals surface area contributed by atoms with E-state index in [2.05, 4.69) is 21.2 Å². The zero-order valence-electron chi connectivity index (χ0n) is 11.0. The third-order valence-electron chi connectivity index (χ3n) is 3.57. The van der Waals surface area contributed by atoms with E-state index in [4.69, 9.17) is 0 Å². The molecule has 6 heteroatoms. The van der Waals surface area contributed by atoms with E-state index in [0.717, 1.165) is 11.3 Å². The van der Waals surface area contributed by atoms with Crippen LogP contribution in [-0.4, -0.2) is 14.2 Å². The number of sulfone groups is 1. The third kappa shape index (κ3) is 2.82. The molecule has 3 nitrogen and oxygen atoms in total. The summed E-state index contributed by atoms with van der Waals surface area (Å²) in [6.45, 7) is 0. The van der Waals surface area contributed by atoms with Crippen molar-refractivity contribution in [2.75, 3.05) is 11.1 Å². The maximum atomic E-state index is 13.1. The van der Waals surface area contributed by atoms with Crippen LogP contribution in [0.3, 0.4) is 0 Å². The lowest BCUT2D eigenvalue weighted by Crippen LogP contribution is -2.24. The second kappa shape index (κ2) is 5.42. The molecule has 2 aromatic carbocycles. The van der Waals surface area contributed by atoms with E-state index < -0.39 is 9.84 Å². The van der Waals surface area contributed by atoms with Crippen molar-refractivity contribution in [3.63, 3.8) is 0 Å². The number of rotatable bonds is 2. The molecular weight excluding hydrogens is 357 g/mol. The zero-order chi connectivity index (χ0) is 15.0. The van der Waals surface area contributed by atoms with Gasteiger partial charge in [0.2, 0.25) is 0 Å². The van der Waals surface area contributed by atoms with Gasteiger partial charge in [-0.25, -0.2) is 12.8 Å². The summed E-state index contributed by atoms with van der Waals surface area (Å²) in [5.41, 5.74) is 1.51. The molecule has 1 heterocycles. The van der Waals surface area contributed by atoms with Gasteiger partial charge in [0.1, 0.15) is 5.82 Å². The Morgan fingerprint density at radius 2 is 1.95 bits per heavy atom. The van der Waals surface area contributed by atoms with Crippen LogP contribution in [0.4, 0.5) is 10.1 Å². The molecule has 110 valence electrons. The Morgan fingerprint density at radius 3 is 2.71 bits per heavy atom. The average Bonchev–Trinajstić information content (AvgIpc) is 2.45. The van der Waals surface area contributed by atoms with Crippen molar-refractivity contribution in [3.8, 4) is 0 Å². The van der Waals surface area contributed by atoms with E-state index in [-0.39, 0.29) is 17.6 Å². The maximum Gasteiger partial charge on any atom is 0.178 e. The first-order valence-corrected chi connectivity index (χ1v) is 8.95. The lowest BCUT2D eigenvalue weighted by Gasteiger charge is -2.27. The number of halogens is 2. The van der Waals surface area contributed by atoms with Crippen LogP contribution in [0.5, 0.6) is 0 Å². The monoisotopic (exact) mass is 369 g/mol. The summed E-state index contributed by atoms with van der Waals surface area (Å²) in [6, 6.07) is 11.3. The molecule has 0 saturated carbocycles. The van der Waals surface area contributed by atoms with Crippen molar-refractivity contribution in [3.05, 3.63) is 58.3 Å². The minimum absolute atomic E-state index is 0.105. The number of benzene rings is 2. The molecular formula is C15H13BrFNO2S. The molecule has 1 aliphatic heterocycles. The lowest BCUT2D eigenvalue weighted by molar-refractivity contribution is 0.576. The predicted molar refractivity (Wildman–Crippen MR) is 83.6 cm³/mol. The summed E-state index contributed by atoms with van der Waals surface area (Å²) in [6.07, 6.45) is 0.489. The van der Waals surface area contributed by atoms with Gasteiger partial charge < -0.3 is 5.32 Å². The molecule has 1 atom stereocenters. The fourth-order valence-electron chi connectivity index (χ4n) is 2.53. The third-order valence-corrected chi connectivity index (χ3v) is 6.04. The molecule has 0 amide bonds. The summed E-state index contributed by atoms with van der Waals surface area (Å²) in [4.78, 5) is 0.381. The number of fused-ring (bicyclic) bond motifs is 1. The summed E-state index contributed by atoms with van der Waals surface area (Å²) in [5, 5.41) is 3.29. The number of hydrogen-bond acceptors (Lipinski definition) is 3. The summed E-state index contributed by atoms with van der Waals surface area (Å²) in [5.74, 6) is -0.209. The van der Waals surface area contributed by atoms with Crippen molar-refractivity contribution in [2.24, 2.45) is 0 Å². The van der Waals surface area contributed by atoms with Gasteiger partial charge in [-0.05, 0) is 52.2 Å². The highest BCUT2D eigenvalue weighted by molar-refractivity contribution is 9.10. The zero-order valence-corrected chi connectivity index (χ0v) is 13.4. The quantitative estimate of drug-likeness (QED) is 0.872. The molecule has 0 radical (unpaired) electrons. The van der Waals surface area contributed by atoms with E-state index in [0.29, 0.717) is 15.8 Å². The van der Waals surface area contributed by atoms with Crippen LogP contribution in [0.2, 0.25) is 0 Å². The van der Waals surface area contributed by atoms with Gasteiger partial charge in [-0.2, -0.15) is 0 Å². The topological polar surface area (TPSA) is 46.2 Å². The highest BCUT2D eigenvalue weighted by Crippen LogP contribution is 2.36. The van der Waals surface area contributed by atoms with Crippen molar-refractivity contribution in [1.29, 1.82) is 0 Å². The summed E-state index contributed by atoms with van der Waals surface area (Å²) >= 11 is 3.32. The molecule has 2 aromatic rings. The van der Waals surface area contributed by atoms with Crippen molar-refractivity contribution < 1.29 is 12.8 Å². The molecule has 3 rings (SSSR count). The van der Waals surface area contributed by atoms with Crippen LogP contribution in [0.15, 0.2) is 51.8 Å². The smallest absolute Gasteiger partial charge is 0.178 e. The predicted octanol–water partition coefficient (Wildman–Crippen LogP) is 3.92. The van der Waals surface area contributed by atoms with Gasteiger partial charge in [-0.1, -0.05) is 18.2 Å². The van der Waals surface area contributed by atoms with Crippen LogP contribution < -0.4 is 5.32 Å². The van der Waals surface area contributed by atoms with E-state index in [1.807, 2.05) is 12.1 Å². The molecule has 0 spiro atoms. The average molecular weight is 370 g/mol. The minimum atomic E-state index is -3.20. The first kappa shape index (κ1) is 14.5. The molecule has 1 N–H and O–H groups in total. The Morgan fingerprint density at radius 1 is 1.19 bits per heavy atom. The Kier molecular flexibility index (Phi) is 3.75. The van der Waals surface area contributed by atoms with E-state index >= 15 is 0 Å². The lowest BCUT2D eigenvalue weighted by atomic mass is 10.0. The first-order valence-electron chi connectivity index (χ1n) is 6.51. The van der Waals surface area contributed by atoms with Crippen LogP contribution in [0, 0.1) is 5.82 Å². The Bertz CT molecular complexity index is 792. The molecule has 1 aliphatic rings. The SMILES string of the molecule is O=S1(=O)CCC(Nc2ccc(F)cc2Br)c2ccccc21. The molecule has 0 saturated heterocycles. The van der Waals surface area contributed by atoms with Crippen LogP contribution in [-0.2, 0) is 9.84 Å². The van der Waals surface area contributed by atoms with Gasteiger partial charge >= 0.3 is 0 Å². The second-order valence-electron chi connectivity index (χ2n) is 4.97. The van der Waals surface area contributed by atoms with Crippen molar-refractivity contribution in [1.82, 2.24) is 0 Å². The molecule has 1 unspecified atom stereocenters. The van der Waals surface area contributed by atoms with Crippen molar-refractivity contribution >= 4 is 31.5 Å². The van der Waals surface area contributed by atoms with E-state index in [9.17, 15) is 12.8 Å². The highest BCUT2D eigenvalue weighted by Gasteiger charge is 2.30. The van der Waals surface area contributed by atoms with Crippen LogP contribution >= 0.6 is 15.9 Å². The molecule has 0 aliphatic carbocycles. The van der Waals surface area contributed by atoms with Gasteiger partial charge in [-0.3, -0.25) is 0 Å². The normalized spacial score (nSPS) is 19.8. The Balaban J connectivity index is 1.97. The van der Waals surface area contributed by atoms with Gasteiger partial charge in [0.15, 0.2) is 9.84 Å². The number of anilines is 1. The molecule has 0 bridgehead atoms. The second-order valence-corrected chi connectivity index (χ2v) is 7.90. The van der Waals surface area contributed by atoms with Gasteiger partial charge in [-0.15, -0.1) is 0 Å². The fourth-order valence-corrected chi connectivity index (χ4v) is 4.62. The summed E-state index contributed by atoms with van der Waals surface area (Å²) < 4.78 is 37.9. The Hall–Kier alpha value is -1.40. The van der Waals surface area contributed by atoms with E-state index in [1.165, 1.54) is 12.1 Å².